The first-order valence-corrected chi connectivity index (χ1v) is 11.6. The lowest BCUT2D eigenvalue weighted by Crippen LogP contribution is -2.46. The molecule has 1 saturated heterocycles. The molecule has 2 heterocycles. The number of fused-ring (bicyclic) bond motifs is 2. The summed E-state index contributed by atoms with van der Waals surface area (Å²) in [5.41, 5.74) is 1.91. The number of thiazole rings is 1. The molecule has 0 radical (unpaired) electrons. The Morgan fingerprint density at radius 3 is 2.71 bits per heavy atom. The van der Waals surface area contributed by atoms with Gasteiger partial charge in [-0.3, -0.25) is 0 Å². The molecule has 1 N–H and O–H groups in total. The Morgan fingerprint density at radius 1 is 1.10 bits per heavy atom. The standard InChI is InChI=1S/C24H22ClN3O2S/c25-20-9-4-10-21-22(20)27-24(31-21)30-18-11-13-28(14-12-18)23(29)26-15-17-7-3-6-16-5-1-2-8-19(16)17/h1-10,18H,11-15H2,(H,26,29). The third-order valence-corrected chi connectivity index (χ3v) is 6.87. The van der Waals surface area contributed by atoms with Gasteiger partial charge in [0.1, 0.15) is 11.6 Å². The van der Waals surface area contributed by atoms with Gasteiger partial charge < -0.3 is 15.0 Å². The molecule has 5 rings (SSSR count). The van der Waals surface area contributed by atoms with E-state index in [2.05, 4.69) is 34.6 Å². The SMILES string of the molecule is O=C(NCc1cccc2ccccc12)N1CCC(Oc2nc3c(Cl)cccc3s2)CC1. The van der Waals surface area contributed by atoms with Gasteiger partial charge in [-0.2, -0.15) is 0 Å². The maximum absolute atomic E-state index is 12.7. The normalized spacial score (nSPS) is 14.8. The zero-order valence-corrected chi connectivity index (χ0v) is 18.5. The molecule has 3 aromatic carbocycles. The lowest BCUT2D eigenvalue weighted by atomic mass is 10.0. The van der Waals surface area contributed by atoms with Crippen molar-refractivity contribution in [2.24, 2.45) is 0 Å². The number of amides is 2. The number of carbonyl (C=O) groups excluding carboxylic acids is 1. The van der Waals surface area contributed by atoms with Crippen molar-refractivity contribution in [3.8, 4) is 5.19 Å². The summed E-state index contributed by atoms with van der Waals surface area (Å²) in [6, 6.07) is 20.1. The number of benzene rings is 3. The first kappa shape index (κ1) is 20.1. The Hall–Kier alpha value is -2.83. The molecule has 4 aromatic rings. The predicted molar refractivity (Wildman–Crippen MR) is 126 cm³/mol. The summed E-state index contributed by atoms with van der Waals surface area (Å²) in [5, 5.41) is 6.71. The monoisotopic (exact) mass is 451 g/mol. The van der Waals surface area contributed by atoms with Gasteiger partial charge in [-0.1, -0.05) is 71.5 Å². The third-order valence-electron chi connectivity index (χ3n) is 5.66. The fourth-order valence-electron chi connectivity index (χ4n) is 3.99. The summed E-state index contributed by atoms with van der Waals surface area (Å²) >= 11 is 7.72. The lowest BCUT2D eigenvalue weighted by molar-refractivity contribution is 0.111. The number of halogens is 1. The molecule has 0 spiro atoms. The van der Waals surface area contributed by atoms with Crippen molar-refractivity contribution in [3.05, 3.63) is 71.2 Å². The minimum absolute atomic E-state index is 0.0295. The summed E-state index contributed by atoms with van der Waals surface area (Å²) in [4.78, 5) is 19.1. The van der Waals surface area contributed by atoms with Gasteiger partial charge in [-0.25, -0.2) is 9.78 Å². The van der Waals surface area contributed by atoms with E-state index in [1.54, 1.807) is 0 Å². The molecule has 0 bridgehead atoms. The minimum atomic E-state index is -0.0295. The molecule has 1 aliphatic heterocycles. The molecular formula is C24H22ClN3O2S. The molecule has 0 aliphatic carbocycles. The number of carbonyl (C=O) groups is 1. The zero-order valence-electron chi connectivity index (χ0n) is 16.9. The molecule has 31 heavy (non-hydrogen) atoms. The minimum Gasteiger partial charge on any atom is -0.467 e. The van der Waals surface area contributed by atoms with E-state index in [0.717, 1.165) is 28.6 Å². The van der Waals surface area contributed by atoms with Crippen LogP contribution in [0.4, 0.5) is 4.79 Å². The number of urea groups is 1. The Kier molecular flexibility index (Phi) is 5.66. The van der Waals surface area contributed by atoms with Crippen molar-refractivity contribution in [2.75, 3.05) is 13.1 Å². The molecule has 0 atom stereocenters. The average molecular weight is 452 g/mol. The van der Waals surface area contributed by atoms with E-state index in [1.807, 2.05) is 41.3 Å². The van der Waals surface area contributed by atoms with E-state index < -0.39 is 0 Å². The van der Waals surface area contributed by atoms with Gasteiger partial charge in [-0.15, -0.1) is 0 Å². The van der Waals surface area contributed by atoms with E-state index >= 15 is 0 Å². The van der Waals surface area contributed by atoms with Gasteiger partial charge in [-0.05, 0) is 28.5 Å². The van der Waals surface area contributed by atoms with Gasteiger partial charge in [0.2, 0.25) is 0 Å². The van der Waals surface area contributed by atoms with Crippen LogP contribution in [0.25, 0.3) is 21.0 Å². The topological polar surface area (TPSA) is 54.5 Å². The number of ether oxygens (including phenoxy) is 1. The van der Waals surface area contributed by atoms with Crippen molar-refractivity contribution in [1.29, 1.82) is 0 Å². The van der Waals surface area contributed by atoms with Crippen LogP contribution in [-0.2, 0) is 6.54 Å². The Balaban J connectivity index is 1.15. The number of likely N-dealkylation sites (tertiary alicyclic amines) is 1. The number of rotatable bonds is 4. The van der Waals surface area contributed by atoms with Crippen LogP contribution < -0.4 is 10.1 Å². The molecule has 1 aliphatic rings. The smallest absolute Gasteiger partial charge is 0.317 e. The molecule has 0 saturated carbocycles. The van der Waals surface area contributed by atoms with Crippen LogP contribution >= 0.6 is 22.9 Å². The largest absolute Gasteiger partial charge is 0.467 e. The highest BCUT2D eigenvalue weighted by atomic mass is 35.5. The lowest BCUT2D eigenvalue weighted by Gasteiger charge is -2.31. The zero-order chi connectivity index (χ0) is 21.2. The third kappa shape index (κ3) is 4.31. The number of hydrogen-bond acceptors (Lipinski definition) is 4. The predicted octanol–water partition coefficient (Wildman–Crippen LogP) is 5.86. The van der Waals surface area contributed by atoms with Gasteiger partial charge in [0, 0.05) is 32.5 Å². The van der Waals surface area contributed by atoms with Crippen LogP contribution in [0.5, 0.6) is 5.19 Å². The number of aromatic nitrogens is 1. The van der Waals surface area contributed by atoms with Crippen LogP contribution in [0.2, 0.25) is 5.02 Å². The first-order chi connectivity index (χ1) is 15.2. The van der Waals surface area contributed by atoms with Crippen molar-refractivity contribution in [3.63, 3.8) is 0 Å². The van der Waals surface area contributed by atoms with Crippen LogP contribution in [0.1, 0.15) is 18.4 Å². The van der Waals surface area contributed by atoms with E-state index in [9.17, 15) is 4.79 Å². The van der Waals surface area contributed by atoms with Gasteiger partial charge in [0.25, 0.3) is 5.19 Å². The quantitative estimate of drug-likeness (QED) is 0.423. The van der Waals surface area contributed by atoms with Crippen LogP contribution in [0.15, 0.2) is 60.7 Å². The first-order valence-electron chi connectivity index (χ1n) is 10.4. The van der Waals surface area contributed by atoms with Crippen LogP contribution in [0, 0.1) is 0 Å². The molecule has 2 amide bonds. The van der Waals surface area contributed by atoms with E-state index in [4.69, 9.17) is 16.3 Å². The summed E-state index contributed by atoms with van der Waals surface area (Å²) in [7, 11) is 0. The maximum atomic E-state index is 12.7. The van der Waals surface area contributed by atoms with Crippen LogP contribution in [-0.4, -0.2) is 35.1 Å². The van der Waals surface area contributed by atoms with E-state index in [-0.39, 0.29) is 12.1 Å². The highest BCUT2D eigenvalue weighted by Crippen LogP contribution is 2.33. The number of hydrogen-bond donors (Lipinski definition) is 1. The molecule has 158 valence electrons. The number of nitrogens with zero attached hydrogens (tertiary/aromatic N) is 2. The summed E-state index contributed by atoms with van der Waals surface area (Å²) in [6.07, 6.45) is 1.62. The summed E-state index contributed by atoms with van der Waals surface area (Å²) in [5.74, 6) is 0. The summed E-state index contributed by atoms with van der Waals surface area (Å²) in [6.45, 7) is 1.85. The molecule has 7 heteroatoms. The van der Waals surface area contributed by atoms with Crippen LogP contribution in [0.3, 0.4) is 0 Å². The van der Waals surface area contributed by atoms with E-state index in [1.165, 1.54) is 22.1 Å². The highest BCUT2D eigenvalue weighted by molar-refractivity contribution is 7.20. The van der Waals surface area contributed by atoms with Gasteiger partial charge in [0.05, 0.1) is 9.72 Å². The second-order valence-electron chi connectivity index (χ2n) is 7.67. The number of piperidine rings is 1. The van der Waals surface area contributed by atoms with Crippen molar-refractivity contribution in [2.45, 2.75) is 25.5 Å². The fraction of sp³-hybridized carbons (Fsp3) is 0.250. The number of para-hydroxylation sites is 1. The van der Waals surface area contributed by atoms with Crippen molar-refractivity contribution in [1.82, 2.24) is 15.2 Å². The molecule has 5 nitrogen and oxygen atoms in total. The second kappa shape index (κ2) is 8.73. The van der Waals surface area contributed by atoms with Gasteiger partial charge >= 0.3 is 6.03 Å². The molecule has 0 unspecified atom stereocenters. The Morgan fingerprint density at radius 2 is 1.87 bits per heavy atom. The van der Waals surface area contributed by atoms with E-state index in [0.29, 0.717) is 29.9 Å². The van der Waals surface area contributed by atoms with Gasteiger partial charge in [0.15, 0.2) is 0 Å². The average Bonchev–Trinajstić information content (AvgIpc) is 3.22. The van der Waals surface area contributed by atoms with Crippen molar-refractivity contribution < 1.29 is 9.53 Å². The Bertz CT molecular complexity index is 1230. The maximum Gasteiger partial charge on any atom is 0.317 e. The Labute approximate surface area is 189 Å². The number of nitrogens with one attached hydrogen (secondary N) is 1. The molecule has 1 aromatic heterocycles. The second-order valence-corrected chi connectivity index (χ2v) is 9.07. The highest BCUT2D eigenvalue weighted by Gasteiger charge is 2.25. The fourth-order valence-corrected chi connectivity index (χ4v) is 5.17. The molecular weight excluding hydrogens is 430 g/mol. The van der Waals surface area contributed by atoms with Crippen molar-refractivity contribution >= 4 is 50.0 Å². The molecule has 1 fully saturated rings. The summed E-state index contributed by atoms with van der Waals surface area (Å²) < 4.78 is 7.11.